The molecule has 0 radical (unpaired) electrons. The van der Waals surface area contributed by atoms with Gasteiger partial charge in [0.2, 0.25) is 0 Å². The minimum absolute atomic E-state index is 0.122. The van der Waals surface area contributed by atoms with E-state index >= 15 is 0 Å². The first kappa shape index (κ1) is 10.6. The van der Waals surface area contributed by atoms with Crippen LogP contribution in [0, 0.1) is 17.1 Å². The van der Waals surface area contributed by atoms with Crippen molar-refractivity contribution in [2.45, 2.75) is 0 Å². The van der Waals surface area contributed by atoms with Crippen LogP contribution in [0.15, 0.2) is 18.3 Å². The second-order valence-electron chi connectivity index (χ2n) is 3.09. The first-order valence-electron chi connectivity index (χ1n) is 4.32. The summed E-state index contributed by atoms with van der Waals surface area (Å²) in [5, 5.41) is 9.44. The molecular weight excluding hydrogens is 231 g/mol. The normalized spacial score (nSPS) is 10.1. The molecule has 2 rings (SSSR count). The Morgan fingerprint density at radius 2 is 2.25 bits per heavy atom. The fourth-order valence-corrected chi connectivity index (χ4v) is 1.67. The summed E-state index contributed by atoms with van der Waals surface area (Å²) in [4.78, 5) is 3.85. The highest BCUT2D eigenvalue weighted by atomic mass is 35.5. The van der Waals surface area contributed by atoms with Gasteiger partial charge in [-0.05, 0) is 12.1 Å². The Morgan fingerprint density at radius 3 is 2.88 bits per heavy atom. The van der Waals surface area contributed by atoms with Gasteiger partial charge in [-0.15, -0.1) is 0 Å². The quantitative estimate of drug-likeness (QED) is 0.588. The van der Waals surface area contributed by atoms with Crippen LogP contribution >= 0.6 is 11.6 Å². The Kier molecular flexibility index (Phi) is 2.60. The molecule has 0 saturated heterocycles. The third-order valence-corrected chi connectivity index (χ3v) is 2.37. The predicted octanol–water partition coefficient (Wildman–Crippen LogP) is 2.18. The van der Waals surface area contributed by atoms with Gasteiger partial charge in [-0.2, -0.15) is 5.26 Å². The molecule has 0 fully saturated rings. The number of anilines is 1. The van der Waals surface area contributed by atoms with Crippen molar-refractivity contribution >= 4 is 28.2 Å². The smallest absolute Gasteiger partial charge is 0.150 e. The zero-order valence-corrected chi connectivity index (χ0v) is 8.72. The lowest BCUT2D eigenvalue weighted by Crippen LogP contribution is -2.09. The van der Waals surface area contributed by atoms with E-state index in [4.69, 9.17) is 22.7 Å². The molecule has 0 spiro atoms. The van der Waals surface area contributed by atoms with Crippen LogP contribution < -0.4 is 11.3 Å². The highest BCUT2D eigenvalue weighted by Crippen LogP contribution is 2.29. The van der Waals surface area contributed by atoms with Gasteiger partial charge in [0.15, 0.2) is 5.82 Å². The Bertz CT molecular complexity index is 606. The van der Waals surface area contributed by atoms with E-state index in [0.29, 0.717) is 11.1 Å². The van der Waals surface area contributed by atoms with Crippen LogP contribution in [-0.2, 0) is 0 Å². The first-order chi connectivity index (χ1) is 7.67. The van der Waals surface area contributed by atoms with Gasteiger partial charge in [0.1, 0.15) is 11.6 Å². The largest absolute Gasteiger partial charge is 0.322 e. The summed E-state index contributed by atoms with van der Waals surface area (Å²) in [5.74, 6) is 4.75. The summed E-state index contributed by atoms with van der Waals surface area (Å²) >= 11 is 5.73. The maximum absolute atomic E-state index is 13.5. The van der Waals surface area contributed by atoms with E-state index in [1.807, 2.05) is 6.07 Å². The predicted molar refractivity (Wildman–Crippen MR) is 59.2 cm³/mol. The molecule has 0 amide bonds. The second-order valence-corrected chi connectivity index (χ2v) is 3.52. The summed E-state index contributed by atoms with van der Waals surface area (Å²) in [7, 11) is 0. The molecule has 0 aliphatic heterocycles. The van der Waals surface area contributed by atoms with E-state index < -0.39 is 5.82 Å². The summed E-state index contributed by atoms with van der Waals surface area (Å²) in [6.45, 7) is 0. The number of nitrogens with two attached hydrogens (primary N) is 1. The number of halogens is 2. The highest BCUT2D eigenvalue weighted by molar-refractivity contribution is 6.31. The molecule has 0 aliphatic carbocycles. The molecule has 80 valence electrons. The molecule has 4 nitrogen and oxygen atoms in total. The third-order valence-electron chi connectivity index (χ3n) is 2.15. The van der Waals surface area contributed by atoms with E-state index in [2.05, 4.69) is 10.4 Å². The second kappa shape index (κ2) is 3.93. The number of nitrogens with zero attached hydrogens (tertiary/aromatic N) is 2. The van der Waals surface area contributed by atoms with Crippen LogP contribution in [0.4, 0.5) is 10.1 Å². The van der Waals surface area contributed by atoms with Crippen molar-refractivity contribution in [3.05, 3.63) is 34.7 Å². The number of hydrogen-bond acceptors (Lipinski definition) is 4. The molecule has 6 heteroatoms. The minimum Gasteiger partial charge on any atom is -0.322 e. The van der Waals surface area contributed by atoms with Crippen molar-refractivity contribution in [3.63, 3.8) is 0 Å². The van der Waals surface area contributed by atoms with Crippen molar-refractivity contribution in [1.82, 2.24) is 4.98 Å². The van der Waals surface area contributed by atoms with Gasteiger partial charge in [0.05, 0.1) is 11.3 Å². The van der Waals surface area contributed by atoms with Crippen LogP contribution in [-0.4, -0.2) is 4.98 Å². The Hall–Kier alpha value is -1.90. The highest BCUT2D eigenvalue weighted by Gasteiger charge is 2.11. The average molecular weight is 237 g/mol. The number of hydrogen-bond donors (Lipinski definition) is 2. The third kappa shape index (κ3) is 1.54. The number of pyridine rings is 1. The molecule has 0 aliphatic rings. The van der Waals surface area contributed by atoms with Crippen molar-refractivity contribution in [1.29, 1.82) is 5.26 Å². The van der Waals surface area contributed by atoms with Crippen molar-refractivity contribution in [2.75, 3.05) is 5.43 Å². The number of aromatic nitrogens is 1. The van der Waals surface area contributed by atoms with E-state index in [-0.39, 0.29) is 16.1 Å². The van der Waals surface area contributed by atoms with Gasteiger partial charge in [-0.25, -0.2) is 4.39 Å². The molecule has 1 aromatic heterocycles. The zero-order chi connectivity index (χ0) is 11.7. The fourth-order valence-electron chi connectivity index (χ4n) is 1.47. The monoisotopic (exact) mass is 236 g/mol. The van der Waals surface area contributed by atoms with Gasteiger partial charge in [-0.3, -0.25) is 10.8 Å². The molecule has 16 heavy (non-hydrogen) atoms. The molecule has 2 aromatic rings. The van der Waals surface area contributed by atoms with Gasteiger partial charge in [-0.1, -0.05) is 11.6 Å². The van der Waals surface area contributed by atoms with Crippen LogP contribution in [0.1, 0.15) is 5.56 Å². The summed E-state index contributed by atoms with van der Waals surface area (Å²) in [6.07, 6.45) is 1.26. The van der Waals surface area contributed by atoms with Crippen LogP contribution in [0.25, 0.3) is 10.9 Å². The number of nitrogens with one attached hydrogen (secondary N) is 1. The molecule has 1 aromatic carbocycles. The molecular formula is C10H6ClFN4. The maximum Gasteiger partial charge on any atom is 0.150 e. The molecule has 3 N–H and O–H groups in total. The van der Waals surface area contributed by atoms with E-state index in [0.717, 1.165) is 6.07 Å². The number of fused-ring (bicyclic) bond motifs is 1. The Balaban J connectivity index is 2.93. The number of rotatable bonds is 1. The number of nitrogen functional groups attached to an aromatic ring is 1. The minimum atomic E-state index is -0.552. The topological polar surface area (TPSA) is 74.7 Å². The van der Waals surface area contributed by atoms with Crippen molar-refractivity contribution in [2.24, 2.45) is 5.84 Å². The fraction of sp³-hybridized carbons (Fsp3) is 0. The number of benzene rings is 1. The molecule has 0 atom stereocenters. The number of nitriles is 1. The van der Waals surface area contributed by atoms with Crippen molar-refractivity contribution < 1.29 is 4.39 Å². The molecule has 0 saturated carbocycles. The van der Waals surface area contributed by atoms with E-state index in [9.17, 15) is 4.39 Å². The summed E-state index contributed by atoms with van der Waals surface area (Å²) in [6, 6.07) is 4.57. The standard InChI is InChI=1S/C10H6ClFN4/c11-6-1-7-9(16-14)5(3-13)4-15-10(7)8(12)2-6/h1-2,4H,14H2,(H,15,16). The average Bonchev–Trinajstić information content (AvgIpc) is 2.27. The van der Waals surface area contributed by atoms with Crippen LogP contribution in [0.5, 0.6) is 0 Å². The first-order valence-corrected chi connectivity index (χ1v) is 4.69. The lowest BCUT2D eigenvalue weighted by atomic mass is 10.1. The van der Waals surface area contributed by atoms with Gasteiger partial charge >= 0.3 is 0 Å². The lowest BCUT2D eigenvalue weighted by Gasteiger charge is -2.07. The number of hydrazine groups is 1. The lowest BCUT2D eigenvalue weighted by molar-refractivity contribution is 0.637. The van der Waals surface area contributed by atoms with Gasteiger partial charge < -0.3 is 5.43 Å². The molecule has 1 heterocycles. The van der Waals surface area contributed by atoms with Crippen molar-refractivity contribution in [3.8, 4) is 6.07 Å². The maximum atomic E-state index is 13.5. The SMILES string of the molecule is N#Cc1cnc2c(F)cc(Cl)cc2c1NN. The van der Waals surface area contributed by atoms with Gasteiger partial charge in [0.25, 0.3) is 0 Å². The Morgan fingerprint density at radius 1 is 1.50 bits per heavy atom. The van der Waals surface area contributed by atoms with Gasteiger partial charge in [0, 0.05) is 16.6 Å². The molecule has 0 bridgehead atoms. The van der Waals surface area contributed by atoms with E-state index in [1.165, 1.54) is 12.3 Å². The zero-order valence-electron chi connectivity index (χ0n) is 7.96. The van der Waals surface area contributed by atoms with Crippen LogP contribution in [0.3, 0.4) is 0 Å². The Labute approximate surface area is 95.4 Å². The molecule has 0 unspecified atom stereocenters. The van der Waals surface area contributed by atoms with Crippen LogP contribution in [0.2, 0.25) is 5.02 Å². The summed E-state index contributed by atoms with van der Waals surface area (Å²) in [5.41, 5.74) is 3.02. The van der Waals surface area contributed by atoms with E-state index in [1.54, 1.807) is 0 Å². The summed E-state index contributed by atoms with van der Waals surface area (Å²) < 4.78 is 13.5.